The summed E-state index contributed by atoms with van der Waals surface area (Å²) in [6.07, 6.45) is 4.96. The molecule has 104 valence electrons. The first kappa shape index (κ1) is 14.0. The third-order valence-corrected chi connectivity index (χ3v) is 3.52. The van der Waals surface area contributed by atoms with E-state index in [1.165, 1.54) is 0 Å². The van der Waals surface area contributed by atoms with Gasteiger partial charge in [-0.3, -0.25) is 9.78 Å². The van der Waals surface area contributed by atoms with Crippen LogP contribution in [0.15, 0.2) is 18.3 Å². The van der Waals surface area contributed by atoms with E-state index in [4.69, 9.17) is 0 Å². The highest BCUT2D eigenvalue weighted by molar-refractivity contribution is 5.82. The third kappa shape index (κ3) is 3.77. The molecule has 1 aliphatic heterocycles. The van der Waals surface area contributed by atoms with E-state index in [9.17, 15) is 4.79 Å². The van der Waals surface area contributed by atoms with Gasteiger partial charge in [0.2, 0.25) is 5.91 Å². The lowest BCUT2D eigenvalue weighted by Crippen LogP contribution is -2.50. The van der Waals surface area contributed by atoms with E-state index in [0.717, 1.165) is 43.6 Å². The predicted octanol–water partition coefficient (Wildman–Crippen LogP) is 1.88. The smallest absolute Gasteiger partial charge is 0.240 e. The van der Waals surface area contributed by atoms with Crippen LogP contribution < -0.4 is 5.32 Å². The Labute approximate surface area is 115 Å². The van der Waals surface area contributed by atoms with E-state index in [-0.39, 0.29) is 11.9 Å². The monoisotopic (exact) mass is 261 g/mol. The second-order valence-corrected chi connectivity index (χ2v) is 5.22. The predicted molar refractivity (Wildman–Crippen MR) is 75.7 cm³/mol. The van der Waals surface area contributed by atoms with Gasteiger partial charge < -0.3 is 10.2 Å². The largest absolute Gasteiger partial charge is 0.337 e. The summed E-state index contributed by atoms with van der Waals surface area (Å²) in [6, 6.07) is 4.06. The second kappa shape index (κ2) is 6.66. The Morgan fingerprint density at radius 1 is 1.47 bits per heavy atom. The molecule has 2 rings (SSSR count). The minimum absolute atomic E-state index is 0.00658. The Bertz CT molecular complexity index is 416. The second-order valence-electron chi connectivity index (χ2n) is 5.22. The zero-order valence-electron chi connectivity index (χ0n) is 11.9. The van der Waals surface area contributed by atoms with Crippen LogP contribution in [-0.4, -0.2) is 34.9 Å². The van der Waals surface area contributed by atoms with Crippen molar-refractivity contribution in [2.75, 3.05) is 13.1 Å². The van der Waals surface area contributed by atoms with Crippen molar-refractivity contribution in [3.8, 4) is 0 Å². The fourth-order valence-corrected chi connectivity index (χ4v) is 2.42. The molecule has 1 aliphatic rings. The highest BCUT2D eigenvalue weighted by atomic mass is 16.2. The van der Waals surface area contributed by atoms with Crippen molar-refractivity contribution in [2.45, 2.75) is 45.7 Å². The number of pyridine rings is 1. The number of carbonyl (C=O) groups excluding carboxylic acids is 1. The Morgan fingerprint density at radius 3 is 3.00 bits per heavy atom. The summed E-state index contributed by atoms with van der Waals surface area (Å²) in [4.78, 5) is 18.6. The molecule has 1 N–H and O–H groups in total. The maximum Gasteiger partial charge on any atom is 0.240 e. The molecule has 4 nitrogen and oxygen atoms in total. The minimum atomic E-state index is 0.00658. The van der Waals surface area contributed by atoms with Gasteiger partial charge >= 0.3 is 0 Å². The van der Waals surface area contributed by atoms with Gasteiger partial charge in [-0.25, -0.2) is 0 Å². The number of carbonyl (C=O) groups is 1. The number of piperidine rings is 1. The average molecular weight is 261 g/mol. The van der Waals surface area contributed by atoms with E-state index >= 15 is 0 Å². The summed E-state index contributed by atoms with van der Waals surface area (Å²) in [5.74, 6) is 0.236. The Morgan fingerprint density at radius 2 is 2.32 bits per heavy atom. The van der Waals surface area contributed by atoms with Crippen molar-refractivity contribution >= 4 is 5.91 Å². The SMILES string of the molecule is CCCNC1CCCN(Cc2ccc(C)nc2)C1=O. The van der Waals surface area contributed by atoms with Gasteiger partial charge in [0.15, 0.2) is 0 Å². The summed E-state index contributed by atoms with van der Waals surface area (Å²) in [7, 11) is 0. The molecule has 0 spiro atoms. The minimum Gasteiger partial charge on any atom is -0.337 e. The lowest BCUT2D eigenvalue weighted by molar-refractivity contribution is -0.136. The molecule has 1 unspecified atom stereocenters. The molecule has 0 radical (unpaired) electrons. The summed E-state index contributed by atoms with van der Waals surface area (Å²) in [5.41, 5.74) is 2.12. The number of nitrogens with zero attached hydrogens (tertiary/aromatic N) is 2. The van der Waals surface area contributed by atoms with Crippen molar-refractivity contribution in [2.24, 2.45) is 0 Å². The molecule has 1 aromatic rings. The maximum atomic E-state index is 12.3. The molecule has 1 saturated heterocycles. The van der Waals surface area contributed by atoms with Crippen molar-refractivity contribution in [1.29, 1.82) is 0 Å². The highest BCUT2D eigenvalue weighted by Gasteiger charge is 2.27. The zero-order chi connectivity index (χ0) is 13.7. The Balaban J connectivity index is 1.95. The number of hydrogen-bond acceptors (Lipinski definition) is 3. The molecule has 4 heteroatoms. The highest BCUT2D eigenvalue weighted by Crippen LogP contribution is 2.15. The van der Waals surface area contributed by atoms with E-state index in [2.05, 4.69) is 23.3 Å². The third-order valence-electron chi connectivity index (χ3n) is 3.52. The van der Waals surface area contributed by atoms with Gasteiger partial charge in [-0.1, -0.05) is 13.0 Å². The first-order valence-corrected chi connectivity index (χ1v) is 7.14. The maximum absolute atomic E-state index is 12.3. The van der Waals surface area contributed by atoms with Gasteiger partial charge in [-0.2, -0.15) is 0 Å². The molecular weight excluding hydrogens is 238 g/mol. The molecule has 0 saturated carbocycles. The van der Waals surface area contributed by atoms with E-state index < -0.39 is 0 Å². The van der Waals surface area contributed by atoms with Gasteiger partial charge in [0.1, 0.15) is 0 Å². The fraction of sp³-hybridized carbons (Fsp3) is 0.600. The molecular formula is C15H23N3O. The van der Waals surface area contributed by atoms with Crippen LogP contribution in [0.5, 0.6) is 0 Å². The van der Waals surface area contributed by atoms with Crippen LogP contribution in [0.1, 0.15) is 37.4 Å². The summed E-state index contributed by atoms with van der Waals surface area (Å²) < 4.78 is 0. The van der Waals surface area contributed by atoms with Crippen LogP contribution in [0.3, 0.4) is 0 Å². The van der Waals surface area contributed by atoms with Crippen LogP contribution in [-0.2, 0) is 11.3 Å². The molecule has 1 fully saturated rings. The van der Waals surface area contributed by atoms with Gasteiger partial charge in [0, 0.05) is 25.0 Å². The molecule has 2 heterocycles. The summed E-state index contributed by atoms with van der Waals surface area (Å²) in [6.45, 7) is 6.54. The Kier molecular flexibility index (Phi) is 4.91. The first-order chi connectivity index (χ1) is 9.20. The van der Waals surface area contributed by atoms with Gasteiger partial charge in [0.05, 0.1) is 6.04 Å². The van der Waals surface area contributed by atoms with Gasteiger partial charge in [-0.15, -0.1) is 0 Å². The number of hydrogen-bond donors (Lipinski definition) is 1. The molecule has 0 bridgehead atoms. The van der Waals surface area contributed by atoms with Crippen LogP contribution in [0, 0.1) is 6.92 Å². The van der Waals surface area contributed by atoms with Crippen molar-refractivity contribution in [3.05, 3.63) is 29.6 Å². The number of likely N-dealkylation sites (tertiary alicyclic amines) is 1. The number of aryl methyl sites for hydroxylation is 1. The summed E-state index contributed by atoms with van der Waals surface area (Å²) >= 11 is 0. The molecule has 19 heavy (non-hydrogen) atoms. The zero-order valence-corrected chi connectivity index (χ0v) is 11.9. The average Bonchev–Trinajstić information content (AvgIpc) is 2.42. The molecule has 1 aromatic heterocycles. The Hall–Kier alpha value is -1.42. The van der Waals surface area contributed by atoms with Crippen LogP contribution >= 0.6 is 0 Å². The number of aromatic nitrogens is 1. The van der Waals surface area contributed by atoms with Crippen molar-refractivity contribution < 1.29 is 4.79 Å². The van der Waals surface area contributed by atoms with Crippen LogP contribution in [0.25, 0.3) is 0 Å². The topological polar surface area (TPSA) is 45.2 Å². The van der Waals surface area contributed by atoms with Crippen molar-refractivity contribution in [3.63, 3.8) is 0 Å². The summed E-state index contributed by atoms with van der Waals surface area (Å²) in [5, 5.41) is 3.34. The molecule has 0 aliphatic carbocycles. The molecule has 1 amide bonds. The van der Waals surface area contributed by atoms with Crippen LogP contribution in [0.4, 0.5) is 0 Å². The number of rotatable bonds is 5. The quantitative estimate of drug-likeness (QED) is 0.880. The van der Waals surface area contributed by atoms with Gasteiger partial charge in [-0.05, 0) is 44.4 Å². The fourth-order valence-electron chi connectivity index (χ4n) is 2.42. The van der Waals surface area contributed by atoms with Gasteiger partial charge in [0.25, 0.3) is 0 Å². The lowest BCUT2D eigenvalue weighted by Gasteiger charge is -2.32. The van der Waals surface area contributed by atoms with E-state index in [0.29, 0.717) is 6.54 Å². The number of nitrogens with one attached hydrogen (secondary N) is 1. The van der Waals surface area contributed by atoms with E-state index in [1.807, 2.05) is 24.1 Å². The molecule has 1 atom stereocenters. The van der Waals surface area contributed by atoms with Crippen molar-refractivity contribution in [1.82, 2.24) is 15.2 Å². The standard InChI is InChI=1S/C15H23N3O/c1-3-8-16-14-5-4-9-18(15(14)19)11-13-7-6-12(2)17-10-13/h6-7,10,14,16H,3-5,8-9,11H2,1-2H3. The number of amides is 1. The van der Waals surface area contributed by atoms with Crippen LogP contribution in [0.2, 0.25) is 0 Å². The first-order valence-electron chi connectivity index (χ1n) is 7.14. The van der Waals surface area contributed by atoms with E-state index in [1.54, 1.807) is 0 Å². The normalized spacial score (nSPS) is 19.8. The molecule has 0 aromatic carbocycles. The lowest BCUT2D eigenvalue weighted by atomic mass is 10.0.